The maximum Gasteiger partial charge on any atom is 0.230 e. The number of rotatable bonds is 10. The van der Waals surface area contributed by atoms with Crippen molar-refractivity contribution < 1.29 is 14.0 Å². The molecule has 0 bridgehead atoms. The molecule has 2 aliphatic rings. The van der Waals surface area contributed by atoms with E-state index in [4.69, 9.17) is 14.1 Å². The van der Waals surface area contributed by atoms with Crippen LogP contribution in [0.1, 0.15) is 89.2 Å². The first-order valence-electron chi connectivity index (χ1n) is 18.1. The number of amides is 1. The van der Waals surface area contributed by atoms with Crippen LogP contribution in [-0.2, 0) is 9.22 Å². The molecule has 5 rings (SSSR count). The summed E-state index contributed by atoms with van der Waals surface area (Å²) in [5, 5.41) is 0.189. The third-order valence-electron chi connectivity index (χ3n) is 11.5. The van der Waals surface area contributed by atoms with Crippen LogP contribution in [0.2, 0.25) is 18.1 Å². The number of benzene rings is 2. The molecular formula is C41H59N3O3Si. The Kier molecular flexibility index (Phi) is 11.4. The zero-order valence-electron chi connectivity index (χ0n) is 31.0. The number of hydrogen-bond donors (Lipinski definition) is 0. The van der Waals surface area contributed by atoms with Gasteiger partial charge < -0.3 is 19.0 Å². The van der Waals surface area contributed by atoms with Crippen LogP contribution in [0.3, 0.4) is 0 Å². The molecule has 2 aliphatic carbocycles. The lowest BCUT2D eigenvalue weighted by Crippen LogP contribution is -2.46. The van der Waals surface area contributed by atoms with E-state index in [9.17, 15) is 4.79 Å². The smallest absolute Gasteiger partial charge is 0.230 e. The van der Waals surface area contributed by atoms with Crippen molar-refractivity contribution in [1.82, 2.24) is 4.98 Å². The average molecular weight is 670 g/mol. The summed E-state index contributed by atoms with van der Waals surface area (Å²) >= 11 is 0. The van der Waals surface area contributed by atoms with Crippen LogP contribution in [0.25, 0.3) is 11.3 Å². The van der Waals surface area contributed by atoms with E-state index in [2.05, 4.69) is 105 Å². The number of aryl methyl sites for hydroxylation is 1. The standard InChI is InChI=1S/C41H59N3O3Si/c1-29-25-33(19-24-39(29)46-7)31-15-13-30(14-16-31)28-44(35-12-10-11-34(26-35)38-23-20-36(27-42-38)43(5)6)40(45)32-17-21-37(22-18-32)47-48(8,9)41(2,3)4/h10-12,19-20,23-27,30-32,37H,13-18,21-22,28H2,1-9H3/t30-,31-,32-,37-. The molecule has 0 aliphatic heterocycles. The largest absolute Gasteiger partial charge is 0.496 e. The summed E-state index contributed by atoms with van der Waals surface area (Å²) in [6, 6.07) is 19.3. The van der Waals surface area contributed by atoms with E-state index < -0.39 is 8.32 Å². The van der Waals surface area contributed by atoms with Crippen LogP contribution >= 0.6 is 0 Å². The van der Waals surface area contributed by atoms with E-state index in [1.807, 2.05) is 20.3 Å². The van der Waals surface area contributed by atoms with Gasteiger partial charge in [0, 0.05) is 43.9 Å². The van der Waals surface area contributed by atoms with Gasteiger partial charge in [-0.2, -0.15) is 0 Å². The maximum atomic E-state index is 14.5. The highest BCUT2D eigenvalue weighted by Crippen LogP contribution is 2.41. The van der Waals surface area contributed by atoms with Gasteiger partial charge in [0.25, 0.3) is 0 Å². The van der Waals surface area contributed by atoms with Crippen molar-refractivity contribution in [1.29, 1.82) is 0 Å². The minimum Gasteiger partial charge on any atom is -0.496 e. The van der Waals surface area contributed by atoms with E-state index >= 15 is 0 Å². The third-order valence-corrected chi connectivity index (χ3v) is 16.0. The molecule has 0 spiro atoms. The molecule has 2 aromatic carbocycles. The Bertz CT molecular complexity index is 1510. The summed E-state index contributed by atoms with van der Waals surface area (Å²) in [5.41, 5.74) is 6.64. The summed E-state index contributed by atoms with van der Waals surface area (Å²) in [7, 11) is 3.95. The SMILES string of the molecule is COc1ccc([C@H]2CC[C@H](CN(c3cccc(-c4ccc(N(C)C)cn4)c3)C(=O)[C@H]3CC[C@H](O[Si](C)(C)C(C)(C)C)CC3)CC2)cc1C. The molecule has 260 valence electrons. The number of ether oxygens (including phenoxy) is 1. The van der Waals surface area contributed by atoms with Crippen LogP contribution in [0.4, 0.5) is 11.4 Å². The van der Waals surface area contributed by atoms with Gasteiger partial charge in [-0.15, -0.1) is 0 Å². The summed E-state index contributed by atoms with van der Waals surface area (Å²) in [4.78, 5) is 23.5. The first-order valence-corrected chi connectivity index (χ1v) is 21.0. The number of nitrogens with zero attached hydrogens (tertiary/aromatic N) is 3. The molecule has 0 N–H and O–H groups in total. The molecular weight excluding hydrogens is 611 g/mol. The van der Waals surface area contributed by atoms with Gasteiger partial charge >= 0.3 is 0 Å². The van der Waals surface area contributed by atoms with Crippen molar-refractivity contribution in [3.8, 4) is 17.0 Å². The van der Waals surface area contributed by atoms with Crippen molar-refractivity contribution in [2.75, 3.05) is 37.5 Å². The number of aromatic nitrogens is 1. The van der Waals surface area contributed by atoms with Crippen LogP contribution in [0.15, 0.2) is 60.8 Å². The fraction of sp³-hybridized carbons (Fsp3) is 0.561. The second-order valence-corrected chi connectivity index (χ2v) is 20.9. The van der Waals surface area contributed by atoms with Gasteiger partial charge in [-0.3, -0.25) is 9.78 Å². The van der Waals surface area contributed by atoms with Crippen molar-refractivity contribution in [3.05, 3.63) is 71.9 Å². The molecule has 2 fully saturated rings. The summed E-state index contributed by atoms with van der Waals surface area (Å²) in [6.07, 6.45) is 10.4. The molecule has 0 saturated heterocycles. The lowest BCUT2D eigenvalue weighted by molar-refractivity contribution is -0.124. The number of carbonyl (C=O) groups excluding carboxylic acids is 1. The number of hydrogen-bond acceptors (Lipinski definition) is 5. The summed E-state index contributed by atoms with van der Waals surface area (Å²) in [5.74, 6) is 2.30. The van der Waals surface area contributed by atoms with Gasteiger partial charge in [0.2, 0.25) is 5.91 Å². The highest BCUT2D eigenvalue weighted by Gasteiger charge is 2.41. The van der Waals surface area contributed by atoms with E-state index in [1.165, 1.54) is 11.1 Å². The Morgan fingerprint density at radius 3 is 2.19 bits per heavy atom. The van der Waals surface area contributed by atoms with Gasteiger partial charge in [-0.25, -0.2) is 0 Å². The Morgan fingerprint density at radius 1 is 0.896 bits per heavy atom. The topological polar surface area (TPSA) is 54.9 Å². The van der Waals surface area contributed by atoms with E-state index in [-0.39, 0.29) is 23.0 Å². The highest BCUT2D eigenvalue weighted by molar-refractivity contribution is 6.74. The fourth-order valence-electron chi connectivity index (χ4n) is 7.31. The highest BCUT2D eigenvalue weighted by atomic mass is 28.4. The molecule has 6 nitrogen and oxygen atoms in total. The average Bonchev–Trinajstić information content (AvgIpc) is 3.07. The zero-order chi connectivity index (χ0) is 34.6. The third kappa shape index (κ3) is 8.52. The predicted octanol–water partition coefficient (Wildman–Crippen LogP) is 10.0. The van der Waals surface area contributed by atoms with Gasteiger partial charge in [0.15, 0.2) is 8.32 Å². The number of pyridine rings is 1. The summed E-state index contributed by atoms with van der Waals surface area (Å²) < 4.78 is 12.3. The normalized spacial score (nSPS) is 21.9. The van der Waals surface area contributed by atoms with Gasteiger partial charge in [-0.1, -0.05) is 45.0 Å². The van der Waals surface area contributed by atoms with Crippen LogP contribution in [0, 0.1) is 18.8 Å². The van der Waals surface area contributed by atoms with Crippen molar-refractivity contribution in [2.24, 2.45) is 11.8 Å². The van der Waals surface area contributed by atoms with Crippen LogP contribution in [-0.4, -0.2) is 53.1 Å². The van der Waals surface area contributed by atoms with Gasteiger partial charge in [0.1, 0.15) is 5.75 Å². The molecule has 2 saturated carbocycles. The first-order chi connectivity index (χ1) is 22.8. The quantitative estimate of drug-likeness (QED) is 0.201. The fourth-order valence-corrected chi connectivity index (χ4v) is 8.73. The minimum atomic E-state index is -1.84. The lowest BCUT2D eigenvalue weighted by Gasteiger charge is -2.41. The van der Waals surface area contributed by atoms with Crippen LogP contribution < -0.4 is 14.5 Å². The van der Waals surface area contributed by atoms with E-state index in [1.54, 1.807) is 7.11 Å². The number of methoxy groups -OCH3 is 1. The summed E-state index contributed by atoms with van der Waals surface area (Å²) in [6.45, 7) is 14.5. The minimum absolute atomic E-state index is 0.0315. The monoisotopic (exact) mass is 669 g/mol. The first kappa shape index (κ1) is 36.1. The van der Waals surface area contributed by atoms with E-state index in [0.717, 1.165) is 86.3 Å². The second kappa shape index (κ2) is 15.2. The van der Waals surface area contributed by atoms with Crippen LogP contribution in [0.5, 0.6) is 5.75 Å². The van der Waals surface area contributed by atoms with Gasteiger partial charge in [-0.05, 0) is 130 Å². The molecule has 1 aromatic heterocycles. The molecule has 1 amide bonds. The molecule has 3 aromatic rings. The number of anilines is 2. The Balaban J connectivity index is 1.32. The molecule has 7 heteroatoms. The molecule has 48 heavy (non-hydrogen) atoms. The molecule has 1 heterocycles. The maximum absolute atomic E-state index is 14.5. The van der Waals surface area contributed by atoms with Crippen molar-refractivity contribution in [3.63, 3.8) is 0 Å². The predicted molar refractivity (Wildman–Crippen MR) is 203 cm³/mol. The van der Waals surface area contributed by atoms with E-state index in [0.29, 0.717) is 11.8 Å². The van der Waals surface area contributed by atoms with Crippen molar-refractivity contribution in [2.45, 2.75) is 109 Å². The second-order valence-electron chi connectivity index (χ2n) is 16.1. The lowest BCUT2D eigenvalue weighted by atomic mass is 9.78. The Labute approximate surface area is 291 Å². The number of carbonyl (C=O) groups is 1. The molecule has 0 radical (unpaired) electrons. The zero-order valence-corrected chi connectivity index (χ0v) is 32.0. The molecule has 0 unspecified atom stereocenters. The molecule has 0 atom stereocenters. The Morgan fingerprint density at radius 2 is 1.60 bits per heavy atom. The van der Waals surface area contributed by atoms with Gasteiger partial charge in [0.05, 0.1) is 24.7 Å². The Hall–Kier alpha value is -3.16. The van der Waals surface area contributed by atoms with Crippen molar-refractivity contribution >= 4 is 25.6 Å².